The Morgan fingerprint density at radius 3 is 2.61 bits per heavy atom. The van der Waals surface area contributed by atoms with Crippen LogP contribution in [0.2, 0.25) is 0 Å². The minimum Gasteiger partial charge on any atom is -0.305 e. The molecule has 0 fully saturated rings. The molecule has 98 valence electrons. The highest BCUT2D eigenvalue weighted by Gasteiger charge is 2.23. The quantitative estimate of drug-likeness (QED) is 0.734. The van der Waals surface area contributed by atoms with Crippen molar-refractivity contribution >= 4 is 59.1 Å². The van der Waals surface area contributed by atoms with E-state index in [0.29, 0.717) is 0 Å². The number of halogens is 3. The lowest BCUT2D eigenvalue weighted by atomic mass is 10.1. The lowest BCUT2D eigenvalue weighted by Crippen LogP contribution is -2.24. The van der Waals surface area contributed by atoms with E-state index in [4.69, 9.17) is 0 Å². The van der Waals surface area contributed by atoms with Crippen molar-refractivity contribution in [2.75, 3.05) is 6.54 Å². The molecule has 0 bridgehead atoms. The molecule has 0 saturated heterocycles. The first kappa shape index (κ1) is 14.7. The topological polar surface area (TPSA) is 29.9 Å². The van der Waals surface area contributed by atoms with E-state index in [-0.39, 0.29) is 6.04 Å². The number of thiophene rings is 1. The fourth-order valence-corrected chi connectivity index (χ4v) is 5.33. The zero-order valence-electron chi connectivity index (χ0n) is 9.88. The summed E-state index contributed by atoms with van der Waals surface area (Å²) in [6, 6.07) is 2.26. The molecule has 0 aliphatic carbocycles. The van der Waals surface area contributed by atoms with Crippen molar-refractivity contribution in [2.45, 2.75) is 13.0 Å². The van der Waals surface area contributed by atoms with E-state index < -0.39 is 0 Å². The summed E-state index contributed by atoms with van der Waals surface area (Å²) in [4.78, 5) is 0. The summed E-state index contributed by atoms with van der Waals surface area (Å²) < 4.78 is 5.17. The van der Waals surface area contributed by atoms with Gasteiger partial charge in [-0.2, -0.15) is 5.10 Å². The van der Waals surface area contributed by atoms with Crippen LogP contribution in [0.5, 0.6) is 0 Å². The van der Waals surface area contributed by atoms with Crippen LogP contribution in [0.25, 0.3) is 0 Å². The summed E-state index contributed by atoms with van der Waals surface area (Å²) in [5.41, 5.74) is 2.35. The molecule has 0 aliphatic rings. The molecule has 1 N–H and O–H groups in total. The van der Waals surface area contributed by atoms with Crippen LogP contribution in [0.1, 0.15) is 24.2 Å². The predicted molar refractivity (Wildman–Crippen MR) is 86.1 cm³/mol. The lowest BCUT2D eigenvalue weighted by Gasteiger charge is -2.18. The average Bonchev–Trinajstić information content (AvgIpc) is 2.80. The molecule has 2 heterocycles. The van der Waals surface area contributed by atoms with Crippen LogP contribution in [0.4, 0.5) is 0 Å². The van der Waals surface area contributed by atoms with Crippen molar-refractivity contribution in [1.82, 2.24) is 15.1 Å². The van der Waals surface area contributed by atoms with E-state index in [1.54, 1.807) is 11.3 Å². The molecule has 0 amide bonds. The molecule has 1 atom stereocenters. The van der Waals surface area contributed by atoms with E-state index in [2.05, 4.69) is 71.2 Å². The Morgan fingerprint density at radius 1 is 1.44 bits per heavy atom. The van der Waals surface area contributed by atoms with Gasteiger partial charge in [-0.1, -0.05) is 6.92 Å². The van der Waals surface area contributed by atoms with Gasteiger partial charge >= 0.3 is 0 Å². The highest BCUT2D eigenvalue weighted by molar-refractivity contribution is 9.12. The van der Waals surface area contributed by atoms with Crippen molar-refractivity contribution in [3.8, 4) is 0 Å². The fraction of sp³-hybridized carbons (Fsp3) is 0.364. The summed E-state index contributed by atoms with van der Waals surface area (Å²) in [6.45, 7) is 2.99. The second-order valence-electron chi connectivity index (χ2n) is 3.77. The molecular weight excluding hydrogens is 446 g/mol. The van der Waals surface area contributed by atoms with Crippen LogP contribution in [0, 0.1) is 0 Å². The van der Waals surface area contributed by atoms with Crippen LogP contribution in [0.15, 0.2) is 24.3 Å². The zero-order chi connectivity index (χ0) is 13.3. The molecular formula is C11H12Br3N3S. The third-order valence-corrected chi connectivity index (χ3v) is 5.61. The first-order valence-electron chi connectivity index (χ1n) is 5.40. The number of aromatic nitrogens is 2. The molecule has 0 radical (unpaired) electrons. The van der Waals surface area contributed by atoms with Crippen LogP contribution in [-0.2, 0) is 7.05 Å². The van der Waals surface area contributed by atoms with Gasteiger partial charge in [0.1, 0.15) is 0 Å². The van der Waals surface area contributed by atoms with E-state index in [1.807, 2.05) is 17.9 Å². The van der Waals surface area contributed by atoms with Gasteiger partial charge in [-0.3, -0.25) is 4.68 Å². The first-order valence-corrected chi connectivity index (χ1v) is 8.59. The van der Waals surface area contributed by atoms with Gasteiger partial charge in [-0.05, 0) is 60.4 Å². The van der Waals surface area contributed by atoms with Gasteiger partial charge in [0, 0.05) is 12.6 Å². The standard InChI is InChI=1S/C11H12Br3N3S/c1-3-15-9(6-4-8(13)18-11(6)14)10-7(12)5-16-17(10)2/h4-5,9,15H,3H2,1-2H3. The number of nitrogens with zero attached hydrogens (tertiary/aromatic N) is 2. The average molecular weight is 458 g/mol. The van der Waals surface area contributed by atoms with Crippen molar-refractivity contribution in [1.29, 1.82) is 0 Å². The van der Waals surface area contributed by atoms with E-state index in [1.165, 1.54) is 5.56 Å². The molecule has 3 nitrogen and oxygen atoms in total. The Morgan fingerprint density at radius 2 is 2.17 bits per heavy atom. The first-order chi connectivity index (χ1) is 8.54. The molecule has 0 spiro atoms. The summed E-state index contributed by atoms with van der Waals surface area (Å²) in [5, 5.41) is 7.79. The van der Waals surface area contributed by atoms with Gasteiger partial charge in [0.25, 0.3) is 0 Å². The highest BCUT2D eigenvalue weighted by atomic mass is 79.9. The van der Waals surface area contributed by atoms with E-state index in [9.17, 15) is 0 Å². The number of aryl methyl sites for hydroxylation is 1. The Labute approximate surface area is 135 Å². The molecule has 2 aromatic rings. The van der Waals surface area contributed by atoms with Gasteiger partial charge in [0.15, 0.2) is 0 Å². The monoisotopic (exact) mass is 455 g/mol. The van der Waals surface area contributed by atoms with Crippen LogP contribution < -0.4 is 5.32 Å². The van der Waals surface area contributed by atoms with Crippen LogP contribution in [-0.4, -0.2) is 16.3 Å². The maximum absolute atomic E-state index is 4.29. The fourth-order valence-electron chi connectivity index (χ4n) is 1.85. The molecule has 0 aliphatic heterocycles. The zero-order valence-corrected chi connectivity index (χ0v) is 15.5. The van der Waals surface area contributed by atoms with Gasteiger partial charge in [0.05, 0.1) is 30.0 Å². The van der Waals surface area contributed by atoms with Gasteiger partial charge in [-0.15, -0.1) is 11.3 Å². The summed E-state index contributed by atoms with van der Waals surface area (Å²) in [7, 11) is 1.96. The number of rotatable bonds is 4. The number of hydrogen-bond donors (Lipinski definition) is 1. The predicted octanol–water partition coefficient (Wildman–Crippen LogP) is 4.47. The van der Waals surface area contributed by atoms with Gasteiger partial charge in [-0.25, -0.2) is 0 Å². The van der Waals surface area contributed by atoms with E-state index >= 15 is 0 Å². The Bertz CT molecular complexity index is 530. The molecule has 2 rings (SSSR count). The second-order valence-corrected chi connectivity index (χ2v) is 8.38. The Kier molecular flexibility index (Phi) is 5.05. The van der Waals surface area contributed by atoms with E-state index in [0.717, 1.165) is 24.3 Å². The van der Waals surface area contributed by atoms with Gasteiger partial charge in [0.2, 0.25) is 0 Å². The maximum atomic E-state index is 4.29. The van der Waals surface area contributed by atoms with Crippen LogP contribution >= 0.6 is 59.1 Å². The molecule has 18 heavy (non-hydrogen) atoms. The van der Waals surface area contributed by atoms with Crippen molar-refractivity contribution < 1.29 is 0 Å². The maximum Gasteiger partial charge on any atom is 0.0779 e. The minimum absolute atomic E-state index is 0.119. The van der Waals surface area contributed by atoms with Gasteiger partial charge < -0.3 is 5.32 Å². The third-order valence-electron chi connectivity index (χ3n) is 2.61. The normalized spacial score (nSPS) is 12.9. The highest BCUT2D eigenvalue weighted by Crippen LogP contribution is 2.39. The van der Waals surface area contributed by atoms with Crippen molar-refractivity contribution in [2.24, 2.45) is 7.05 Å². The Hall–Kier alpha value is 0.310. The largest absolute Gasteiger partial charge is 0.305 e. The smallest absolute Gasteiger partial charge is 0.0779 e. The molecule has 0 saturated carbocycles. The summed E-state index contributed by atoms with van der Waals surface area (Å²) in [6.07, 6.45) is 1.83. The second kappa shape index (κ2) is 6.17. The molecule has 1 unspecified atom stereocenters. The minimum atomic E-state index is 0.119. The summed E-state index contributed by atoms with van der Waals surface area (Å²) >= 11 is 12.4. The molecule has 2 aromatic heterocycles. The SMILES string of the molecule is CCNC(c1cc(Br)sc1Br)c1c(Br)cnn1C. The summed E-state index contributed by atoms with van der Waals surface area (Å²) in [5.74, 6) is 0. The number of hydrogen-bond acceptors (Lipinski definition) is 3. The van der Waals surface area contributed by atoms with Crippen LogP contribution in [0.3, 0.4) is 0 Å². The lowest BCUT2D eigenvalue weighted by molar-refractivity contribution is 0.570. The molecule has 7 heteroatoms. The third kappa shape index (κ3) is 2.90. The number of nitrogens with one attached hydrogen (secondary N) is 1. The van der Waals surface area contributed by atoms with Crippen molar-refractivity contribution in [3.63, 3.8) is 0 Å². The van der Waals surface area contributed by atoms with Crippen molar-refractivity contribution in [3.05, 3.63) is 35.6 Å². The molecule has 0 aromatic carbocycles. The Balaban J connectivity index is 2.49.